The predicted molar refractivity (Wildman–Crippen MR) is 91.0 cm³/mol. The van der Waals surface area contributed by atoms with E-state index in [0.29, 0.717) is 5.92 Å². The molecule has 0 saturated heterocycles. The van der Waals surface area contributed by atoms with Crippen LogP contribution in [0, 0.1) is 0 Å². The molecule has 0 radical (unpaired) electrons. The first-order valence-corrected chi connectivity index (χ1v) is 8.84. The van der Waals surface area contributed by atoms with Crippen LogP contribution < -0.4 is 10.2 Å². The highest BCUT2D eigenvalue weighted by Crippen LogP contribution is 2.31. The van der Waals surface area contributed by atoms with Crippen molar-refractivity contribution in [3.05, 3.63) is 10.6 Å². The number of hydrogen-bond acceptors (Lipinski definition) is 4. The molecule has 1 rings (SSSR count). The molecule has 1 N–H and O–H groups in total. The quantitative estimate of drug-likeness (QED) is 0.694. The van der Waals surface area contributed by atoms with Crippen molar-refractivity contribution in [2.75, 3.05) is 25.0 Å². The maximum absolute atomic E-state index is 4.94. The molecule has 4 heteroatoms. The van der Waals surface area contributed by atoms with Gasteiger partial charge in [0.1, 0.15) is 0 Å². The molecule has 3 nitrogen and oxygen atoms in total. The van der Waals surface area contributed by atoms with Crippen molar-refractivity contribution >= 4 is 16.5 Å². The van der Waals surface area contributed by atoms with Crippen molar-refractivity contribution in [3.8, 4) is 0 Å². The van der Waals surface area contributed by atoms with E-state index >= 15 is 0 Å². The lowest BCUT2D eigenvalue weighted by Crippen LogP contribution is -2.25. The molecule has 0 aliphatic heterocycles. The van der Waals surface area contributed by atoms with Crippen molar-refractivity contribution < 1.29 is 0 Å². The van der Waals surface area contributed by atoms with E-state index in [1.165, 1.54) is 41.4 Å². The van der Waals surface area contributed by atoms with Gasteiger partial charge < -0.3 is 10.2 Å². The van der Waals surface area contributed by atoms with E-state index in [0.717, 1.165) is 19.6 Å². The van der Waals surface area contributed by atoms with Gasteiger partial charge >= 0.3 is 0 Å². The van der Waals surface area contributed by atoms with Crippen molar-refractivity contribution in [1.29, 1.82) is 0 Å². The molecule has 0 saturated carbocycles. The second kappa shape index (κ2) is 9.35. The zero-order chi connectivity index (χ0) is 15.0. The molecule has 0 bridgehead atoms. The van der Waals surface area contributed by atoms with Gasteiger partial charge in [0.2, 0.25) is 0 Å². The van der Waals surface area contributed by atoms with Gasteiger partial charge in [-0.05, 0) is 25.8 Å². The van der Waals surface area contributed by atoms with Crippen LogP contribution in [0.2, 0.25) is 0 Å². The second-order valence-corrected chi connectivity index (χ2v) is 6.75. The number of unbranched alkanes of at least 4 members (excludes halogenated alkanes) is 2. The van der Waals surface area contributed by atoms with E-state index in [1.54, 1.807) is 0 Å². The number of anilines is 1. The molecule has 20 heavy (non-hydrogen) atoms. The van der Waals surface area contributed by atoms with Crippen LogP contribution in [0.15, 0.2) is 0 Å². The van der Waals surface area contributed by atoms with Crippen molar-refractivity contribution in [3.63, 3.8) is 0 Å². The molecule has 0 aliphatic carbocycles. The lowest BCUT2D eigenvalue weighted by atomic mass is 10.1. The first-order valence-electron chi connectivity index (χ1n) is 8.03. The topological polar surface area (TPSA) is 28.2 Å². The fourth-order valence-electron chi connectivity index (χ4n) is 2.23. The van der Waals surface area contributed by atoms with E-state index in [2.05, 4.69) is 37.9 Å². The lowest BCUT2D eigenvalue weighted by molar-refractivity contribution is 0.673. The third kappa shape index (κ3) is 5.06. The minimum Gasteiger partial charge on any atom is -0.348 e. The van der Waals surface area contributed by atoms with E-state index in [9.17, 15) is 0 Å². The van der Waals surface area contributed by atoms with Crippen LogP contribution in [-0.2, 0) is 6.54 Å². The lowest BCUT2D eigenvalue weighted by Gasteiger charge is -2.21. The van der Waals surface area contributed by atoms with Gasteiger partial charge in [-0.3, -0.25) is 0 Å². The van der Waals surface area contributed by atoms with Crippen molar-refractivity contribution in [1.82, 2.24) is 10.3 Å². The maximum atomic E-state index is 4.94. The zero-order valence-corrected chi connectivity index (χ0v) is 14.6. The molecular weight excluding hydrogens is 266 g/mol. The Balaban J connectivity index is 2.90. The Kier molecular flexibility index (Phi) is 8.15. The summed E-state index contributed by atoms with van der Waals surface area (Å²) in [6.07, 6.45) is 4.99. The molecule has 116 valence electrons. The van der Waals surface area contributed by atoms with Crippen LogP contribution >= 0.6 is 11.3 Å². The van der Waals surface area contributed by atoms with E-state index in [4.69, 9.17) is 4.98 Å². The standard InChI is InChI=1S/C16H31N3S/c1-6-8-10-19(11-9-7-2)16-18-15(13(3)4)14(20-16)12-17-5/h13,17H,6-12H2,1-5H3. The van der Waals surface area contributed by atoms with Gasteiger partial charge in [-0.15, -0.1) is 11.3 Å². The van der Waals surface area contributed by atoms with Gasteiger partial charge in [0.05, 0.1) is 5.69 Å². The maximum Gasteiger partial charge on any atom is 0.185 e. The third-order valence-corrected chi connectivity index (χ3v) is 4.57. The number of nitrogens with one attached hydrogen (secondary N) is 1. The molecule has 0 aromatic carbocycles. The number of hydrogen-bond donors (Lipinski definition) is 1. The van der Waals surface area contributed by atoms with Gasteiger partial charge in [0.15, 0.2) is 5.13 Å². The summed E-state index contributed by atoms with van der Waals surface area (Å²) < 4.78 is 0. The Morgan fingerprint density at radius 1 is 1.15 bits per heavy atom. The normalized spacial score (nSPS) is 11.3. The molecule has 0 aliphatic rings. The first-order chi connectivity index (χ1) is 9.63. The highest BCUT2D eigenvalue weighted by molar-refractivity contribution is 7.15. The Bertz CT molecular complexity index is 366. The van der Waals surface area contributed by atoms with Crippen LogP contribution in [0.1, 0.15) is 69.9 Å². The smallest absolute Gasteiger partial charge is 0.185 e. The molecule has 1 aromatic rings. The van der Waals surface area contributed by atoms with Crippen LogP contribution in [0.3, 0.4) is 0 Å². The molecule has 0 fully saturated rings. The third-order valence-electron chi connectivity index (χ3n) is 3.43. The summed E-state index contributed by atoms with van der Waals surface area (Å²) in [6.45, 7) is 12.2. The highest BCUT2D eigenvalue weighted by Gasteiger charge is 2.17. The average molecular weight is 298 g/mol. The second-order valence-electron chi connectivity index (χ2n) is 5.68. The van der Waals surface area contributed by atoms with Gasteiger partial charge in [-0.2, -0.15) is 0 Å². The van der Waals surface area contributed by atoms with Crippen LogP contribution in [-0.4, -0.2) is 25.1 Å². The summed E-state index contributed by atoms with van der Waals surface area (Å²) in [5.41, 5.74) is 1.28. The number of rotatable bonds is 10. The Morgan fingerprint density at radius 2 is 1.75 bits per heavy atom. The Labute approximate surface area is 128 Å². The van der Waals surface area contributed by atoms with E-state index < -0.39 is 0 Å². The molecule has 1 heterocycles. The molecular formula is C16H31N3S. The summed E-state index contributed by atoms with van der Waals surface area (Å²) in [6, 6.07) is 0. The van der Waals surface area contributed by atoms with Gasteiger partial charge in [-0.25, -0.2) is 4.98 Å². The van der Waals surface area contributed by atoms with E-state index in [1.807, 2.05) is 18.4 Å². The van der Waals surface area contributed by atoms with E-state index in [-0.39, 0.29) is 0 Å². The monoisotopic (exact) mass is 297 g/mol. The van der Waals surface area contributed by atoms with Crippen LogP contribution in [0.4, 0.5) is 5.13 Å². The summed E-state index contributed by atoms with van der Waals surface area (Å²) >= 11 is 1.87. The van der Waals surface area contributed by atoms with Gasteiger partial charge in [-0.1, -0.05) is 40.5 Å². The Hall–Kier alpha value is -0.610. The SMILES string of the molecule is CCCCN(CCCC)c1nc(C(C)C)c(CNC)s1. The van der Waals surface area contributed by atoms with Crippen LogP contribution in [0.25, 0.3) is 0 Å². The number of thiazole rings is 1. The van der Waals surface area contributed by atoms with Gasteiger partial charge in [0.25, 0.3) is 0 Å². The van der Waals surface area contributed by atoms with Gasteiger partial charge in [0, 0.05) is 24.5 Å². The first kappa shape index (κ1) is 17.4. The molecule has 1 aromatic heterocycles. The largest absolute Gasteiger partial charge is 0.348 e. The minimum absolute atomic E-state index is 0.502. The average Bonchev–Trinajstić information content (AvgIpc) is 2.83. The van der Waals surface area contributed by atoms with Crippen molar-refractivity contribution in [2.24, 2.45) is 0 Å². The highest BCUT2D eigenvalue weighted by atomic mass is 32.1. The molecule has 0 atom stereocenters. The zero-order valence-electron chi connectivity index (χ0n) is 13.8. The summed E-state index contributed by atoms with van der Waals surface area (Å²) in [7, 11) is 2.01. The summed E-state index contributed by atoms with van der Waals surface area (Å²) in [4.78, 5) is 8.83. The fraction of sp³-hybridized carbons (Fsp3) is 0.812. The molecule has 0 amide bonds. The molecule has 0 unspecified atom stereocenters. The minimum atomic E-state index is 0.502. The Morgan fingerprint density at radius 3 is 2.20 bits per heavy atom. The fourth-order valence-corrected chi connectivity index (χ4v) is 3.50. The summed E-state index contributed by atoms with van der Waals surface area (Å²) in [5, 5.41) is 4.49. The predicted octanol–water partition coefficient (Wildman–Crippen LogP) is 4.39. The molecule has 0 spiro atoms. The summed E-state index contributed by atoms with van der Waals surface area (Å²) in [5.74, 6) is 0.502. The van der Waals surface area contributed by atoms with Crippen LogP contribution in [0.5, 0.6) is 0 Å². The number of aromatic nitrogens is 1. The number of nitrogens with zero attached hydrogens (tertiary/aromatic N) is 2. The van der Waals surface area contributed by atoms with Crippen molar-refractivity contribution in [2.45, 2.75) is 65.8 Å².